The number of nitrogens with two attached hydrogens (primary N) is 1. The lowest BCUT2D eigenvalue weighted by atomic mass is 10.1. The van der Waals surface area contributed by atoms with E-state index in [0.717, 1.165) is 23.5 Å². The van der Waals surface area contributed by atoms with Crippen molar-refractivity contribution in [3.8, 4) is 0 Å². The predicted molar refractivity (Wildman–Crippen MR) is 76.9 cm³/mol. The van der Waals surface area contributed by atoms with E-state index in [1.165, 1.54) is 0 Å². The molecule has 0 bridgehead atoms. The molecule has 1 heterocycles. The van der Waals surface area contributed by atoms with Crippen molar-refractivity contribution in [3.05, 3.63) is 41.6 Å². The van der Waals surface area contributed by atoms with Crippen LogP contribution in [0.5, 0.6) is 0 Å². The Morgan fingerprint density at radius 2 is 2.05 bits per heavy atom. The Bertz CT molecular complexity index is 536. The van der Waals surface area contributed by atoms with Crippen LogP contribution in [0.15, 0.2) is 30.3 Å². The Morgan fingerprint density at radius 3 is 2.63 bits per heavy atom. The maximum atomic E-state index is 10.1. The van der Waals surface area contributed by atoms with Gasteiger partial charge in [-0.05, 0) is 12.0 Å². The van der Waals surface area contributed by atoms with E-state index in [9.17, 15) is 5.11 Å². The number of aliphatic hydroxyl groups is 1. The summed E-state index contributed by atoms with van der Waals surface area (Å²) in [6.45, 7) is 2.41. The summed E-state index contributed by atoms with van der Waals surface area (Å²) in [5.41, 5.74) is 8.42. The standard InChI is InChI=1S/C14H20N4O/c1-3-11-13(15)14(18(2)17-11)16-9-12(19)10-7-5-4-6-8-10/h4-8,12,16,19H,3,9,15H2,1-2H3. The van der Waals surface area contributed by atoms with Crippen LogP contribution in [0.2, 0.25) is 0 Å². The summed E-state index contributed by atoms with van der Waals surface area (Å²) in [7, 11) is 1.84. The van der Waals surface area contributed by atoms with Gasteiger partial charge in [0.05, 0.1) is 17.5 Å². The lowest BCUT2D eigenvalue weighted by Crippen LogP contribution is -2.15. The van der Waals surface area contributed by atoms with E-state index < -0.39 is 6.10 Å². The molecule has 0 aliphatic heterocycles. The van der Waals surface area contributed by atoms with E-state index in [0.29, 0.717) is 12.2 Å². The molecule has 0 aliphatic carbocycles. The van der Waals surface area contributed by atoms with Crippen LogP contribution in [0.25, 0.3) is 0 Å². The molecule has 0 fully saturated rings. The minimum atomic E-state index is -0.569. The van der Waals surface area contributed by atoms with E-state index in [-0.39, 0.29) is 0 Å². The quantitative estimate of drug-likeness (QED) is 0.765. The minimum Gasteiger partial charge on any atom is -0.394 e. The molecule has 1 aromatic heterocycles. The summed E-state index contributed by atoms with van der Waals surface area (Å²) in [5, 5.41) is 17.6. The van der Waals surface area contributed by atoms with Crippen molar-refractivity contribution < 1.29 is 5.11 Å². The number of rotatable bonds is 5. The van der Waals surface area contributed by atoms with Crippen LogP contribution in [0.3, 0.4) is 0 Å². The van der Waals surface area contributed by atoms with Gasteiger partial charge in [-0.15, -0.1) is 0 Å². The lowest BCUT2D eigenvalue weighted by molar-refractivity contribution is 0.191. The van der Waals surface area contributed by atoms with Gasteiger partial charge in [-0.3, -0.25) is 4.68 Å². The average Bonchev–Trinajstić information content (AvgIpc) is 2.72. The number of nitrogens with zero attached hydrogens (tertiary/aromatic N) is 2. The molecule has 0 saturated carbocycles. The van der Waals surface area contributed by atoms with Crippen molar-refractivity contribution in [2.75, 3.05) is 17.6 Å². The van der Waals surface area contributed by atoms with Gasteiger partial charge < -0.3 is 16.2 Å². The predicted octanol–water partition coefficient (Wildman–Crippen LogP) is 1.71. The summed E-state index contributed by atoms with van der Waals surface area (Å²) in [6, 6.07) is 9.54. The number of benzene rings is 1. The lowest BCUT2D eigenvalue weighted by Gasteiger charge is -2.13. The van der Waals surface area contributed by atoms with Gasteiger partial charge in [0.25, 0.3) is 0 Å². The van der Waals surface area contributed by atoms with Gasteiger partial charge in [0, 0.05) is 13.6 Å². The van der Waals surface area contributed by atoms with Crippen LogP contribution in [0, 0.1) is 0 Å². The first kappa shape index (κ1) is 13.4. The number of aliphatic hydroxyl groups excluding tert-OH is 1. The van der Waals surface area contributed by atoms with Crippen LogP contribution in [-0.2, 0) is 13.5 Å². The molecule has 5 heteroatoms. The molecule has 1 atom stereocenters. The van der Waals surface area contributed by atoms with Crippen LogP contribution >= 0.6 is 0 Å². The number of hydrogen-bond donors (Lipinski definition) is 3. The Hall–Kier alpha value is -2.01. The average molecular weight is 260 g/mol. The number of aryl methyl sites for hydroxylation is 2. The summed E-state index contributed by atoms with van der Waals surface area (Å²) < 4.78 is 1.71. The number of nitrogens with one attached hydrogen (secondary N) is 1. The smallest absolute Gasteiger partial charge is 0.147 e. The SMILES string of the molecule is CCc1nn(C)c(NCC(O)c2ccccc2)c1N. The van der Waals surface area contributed by atoms with Crippen molar-refractivity contribution in [2.24, 2.45) is 7.05 Å². The third-order valence-electron chi connectivity index (χ3n) is 3.14. The maximum Gasteiger partial charge on any atom is 0.147 e. The fourth-order valence-electron chi connectivity index (χ4n) is 2.05. The molecule has 0 amide bonds. The molecule has 102 valence electrons. The molecule has 4 N–H and O–H groups in total. The number of aromatic nitrogens is 2. The van der Waals surface area contributed by atoms with E-state index in [2.05, 4.69) is 10.4 Å². The van der Waals surface area contributed by atoms with Gasteiger partial charge in [0.15, 0.2) is 0 Å². The first-order valence-corrected chi connectivity index (χ1v) is 6.41. The maximum absolute atomic E-state index is 10.1. The second kappa shape index (κ2) is 5.75. The molecule has 1 aromatic carbocycles. The molecular formula is C14H20N4O. The largest absolute Gasteiger partial charge is 0.394 e. The second-order valence-corrected chi connectivity index (χ2v) is 4.49. The van der Waals surface area contributed by atoms with E-state index >= 15 is 0 Å². The van der Waals surface area contributed by atoms with Gasteiger partial charge in [-0.25, -0.2) is 0 Å². The molecule has 19 heavy (non-hydrogen) atoms. The van der Waals surface area contributed by atoms with Gasteiger partial charge in [-0.1, -0.05) is 37.3 Å². The molecule has 5 nitrogen and oxygen atoms in total. The normalized spacial score (nSPS) is 12.4. The Kier molecular flexibility index (Phi) is 4.06. The highest BCUT2D eigenvalue weighted by Crippen LogP contribution is 2.23. The molecule has 1 unspecified atom stereocenters. The third kappa shape index (κ3) is 2.88. The van der Waals surface area contributed by atoms with Crippen LogP contribution < -0.4 is 11.1 Å². The van der Waals surface area contributed by atoms with E-state index in [1.807, 2.05) is 44.3 Å². The number of nitrogen functional groups attached to an aromatic ring is 1. The highest BCUT2D eigenvalue weighted by Gasteiger charge is 2.13. The Labute approximate surface area is 113 Å². The van der Waals surface area contributed by atoms with Crippen molar-refractivity contribution in [2.45, 2.75) is 19.4 Å². The van der Waals surface area contributed by atoms with E-state index in [4.69, 9.17) is 5.73 Å². The van der Waals surface area contributed by atoms with Crippen molar-refractivity contribution in [1.82, 2.24) is 9.78 Å². The molecule has 0 saturated heterocycles. The molecule has 2 aromatic rings. The third-order valence-corrected chi connectivity index (χ3v) is 3.14. The highest BCUT2D eigenvalue weighted by molar-refractivity contribution is 5.65. The summed E-state index contributed by atoms with van der Waals surface area (Å²) in [6.07, 6.45) is 0.225. The molecule has 2 rings (SSSR count). The topological polar surface area (TPSA) is 76.1 Å². The zero-order valence-electron chi connectivity index (χ0n) is 11.3. The molecular weight excluding hydrogens is 240 g/mol. The highest BCUT2D eigenvalue weighted by atomic mass is 16.3. The Balaban J connectivity index is 2.05. The number of hydrogen-bond acceptors (Lipinski definition) is 4. The van der Waals surface area contributed by atoms with Crippen molar-refractivity contribution in [3.63, 3.8) is 0 Å². The molecule has 0 aliphatic rings. The zero-order chi connectivity index (χ0) is 13.8. The summed E-state index contributed by atoms with van der Waals surface area (Å²) in [5.74, 6) is 0.756. The van der Waals surface area contributed by atoms with Crippen LogP contribution in [0.1, 0.15) is 24.3 Å². The van der Waals surface area contributed by atoms with Crippen LogP contribution in [0.4, 0.5) is 11.5 Å². The summed E-state index contributed by atoms with van der Waals surface area (Å²) >= 11 is 0. The summed E-state index contributed by atoms with van der Waals surface area (Å²) in [4.78, 5) is 0. The van der Waals surface area contributed by atoms with Gasteiger partial charge in [-0.2, -0.15) is 5.10 Å². The van der Waals surface area contributed by atoms with Gasteiger partial charge in [0.1, 0.15) is 5.82 Å². The Morgan fingerprint density at radius 1 is 1.37 bits per heavy atom. The minimum absolute atomic E-state index is 0.400. The fraction of sp³-hybridized carbons (Fsp3) is 0.357. The first-order chi connectivity index (χ1) is 9.13. The van der Waals surface area contributed by atoms with Crippen LogP contribution in [-0.4, -0.2) is 21.4 Å². The number of anilines is 2. The molecule has 0 spiro atoms. The second-order valence-electron chi connectivity index (χ2n) is 4.49. The molecule has 0 radical (unpaired) electrons. The van der Waals surface area contributed by atoms with Crippen molar-refractivity contribution >= 4 is 11.5 Å². The first-order valence-electron chi connectivity index (χ1n) is 6.41. The van der Waals surface area contributed by atoms with E-state index in [1.54, 1.807) is 4.68 Å². The monoisotopic (exact) mass is 260 g/mol. The fourth-order valence-corrected chi connectivity index (χ4v) is 2.05. The van der Waals surface area contributed by atoms with Crippen molar-refractivity contribution in [1.29, 1.82) is 0 Å². The van der Waals surface area contributed by atoms with Gasteiger partial charge in [0.2, 0.25) is 0 Å². The zero-order valence-corrected chi connectivity index (χ0v) is 11.3. The van der Waals surface area contributed by atoms with Gasteiger partial charge >= 0.3 is 0 Å².